The second kappa shape index (κ2) is 8.32. The fourth-order valence-electron chi connectivity index (χ4n) is 3.17. The molecule has 0 unspecified atom stereocenters. The molecular formula is C20H23ClN2O3. The summed E-state index contributed by atoms with van der Waals surface area (Å²) >= 11 is 6.15. The third kappa shape index (κ3) is 4.05. The summed E-state index contributed by atoms with van der Waals surface area (Å²) in [6.45, 7) is 1.80. The van der Waals surface area contributed by atoms with E-state index in [0.717, 1.165) is 28.3 Å². The van der Waals surface area contributed by atoms with Crippen molar-refractivity contribution in [1.82, 2.24) is 10.2 Å². The van der Waals surface area contributed by atoms with Crippen LogP contribution in [0.15, 0.2) is 36.4 Å². The van der Waals surface area contributed by atoms with E-state index in [1.807, 2.05) is 41.3 Å². The number of nitrogens with one attached hydrogen (secondary N) is 1. The van der Waals surface area contributed by atoms with Crippen LogP contribution in [0.1, 0.15) is 16.7 Å². The van der Waals surface area contributed by atoms with E-state index in [9.17, 15) is 4.79 Å². The minimum atomic E-state index is -0.0579. The molecule has 0 bridgehead atoms. The van der Waals surface area contributed by atoms with Gasteiger partial charge in [0.25, 0.3) is 0 Å². The zero-order chi connectivity index (χ0) is 18.5. The van der Waals surface area contributed by atoms with Gasteiger partial charge in [-0.2, -0.15) is 0 Å². The molecule has 0 fully saturated rings. The van der Waals surface area contributed by atoms with Crippen molar-refractivity contribution in [2.75, 3.05) is 27.3 Å². The highest BCUT2D eigenvalue weighted by molar-refractivity contribution is 6.31. The predicted molar refractivity (Wildman–Crippen MR) is 102 cm³/mol. The highest BCUT2D eigenvalue weighted by Crippen LogP contribution is 2.33. The highest BCUT2D eigenvalue weighted by atomic mass is 35.5. The summed E-state index contributed by atoms with van der Waals surface area (Å²) in [5.74, 6) is 1.41. The molecule has 0 aromatic heterocycles. The quantitative estimate of drug-likeness (QED) is 0.868. The third-order valence-electron chi connectivity index (χ3n) is 4.63. The molecule has 6 heteroatoms. The molecule has 0 aliphatic carbocycles. The lowest BCUT2D eigenvalue weighted by atomic mass is 9.99. The summed E-state index contributed by atoms with van der Waals surface area (Å²) in [4.78, 5) is 14.3. The van der Waals surface area contributed by atoms with Gasteiger partial charge in [-0.3, -0.25) is 0 Å². The molecule has 0 saturated heterocycles. The molecular weight excluding hydrogens is 352 g/mol. The van der Waals surface area contributed by atoms with Gasteiger partial charge in [-0.15, -0.1) is 0 Å². The smallest absolute Gasteiger partial charge is 0.317 e. The minimum absolute atomic E-state index is 0.0579. The van der Waals surface area contributed by atoms with Crippen LogP contribution in [0.2, 0.25) is 5.02 Å². The molecule has 26 heavy (non-hydrogen) atoms. The van der Waals surface area contributed by atoms with Crippen LogP contribution in [0.25, 0.3) is 0 Å². The molecule has 2 aromatic carbocycles. The van der Waals surface area contributed by atoms with Gasteiger partial charge < -0.3 is 19.7 Å². The molecule has 0 radical (unpaired) electrons. The van der Waals surface area contributed by atoms with Gasteiger partial charge in [0.1, 0.15) is 0 Å². The summed E-state index contributed by atoms with van der Waals surface area (Å²) in [5.41, 5.74) is 3.33. The molecule has 0 atom stereocenters. The molecule has 138 valence electrons. The Labute approximate surface area is 158 Å². The van der Waals surface area contributed by atoms with Crippen molar-refractivity contribution in [2.24, 2.45) is 0 Å². The molecule has 0 saturated carbocycles. The van der Waals surface area contributed by atoms with Crippen LogP contribution in [-0.4, -0.2) is 38.2 Å². The van der Waals surface area contributed by atoms with Gasteiger partial charge >= 0.3 is 6.03 Å². The number of hydrogen-bond acceptors (Lipinski definition) is 3. The van der Waals surface area contributed by atoms with E-state index < -0.39 is 0 Å². The number of fused-ring (bicyclic) bond motifs is 1. The number of hydrogen-bond donors (Lipinski definition) is 1. The lowest BCUT2D eigenvalue weighted by Gasteiger charge is -2.29. The van der Waals surface area contributed by atoms with Gasteiger partial charge in [-0.1, -0.05) is 29.8 Å². The Morgan fingerprint density at radius 2 is 1.85 bits per heavy atom. The van der Waals surface area contributed by atoms with E-state index in [2.05, 4.69) is 5.32 Å². The maximum atomic E-state index is 12.5. The Kier molecular flexibility index (Phi) is 5.89. The second-order valence-corrected chi connectivity index (χ2v) is 6.63. The Bertz CT molecular complexity index is 795. The maximum absolute atomic E-state index is 12.5. The summed E-state index contributed by atoms with van der Waals surface area (Å²) < 4.78 is 10.7. The van der Waals surface area contributed by atoms with Crippen LogP contribution in [0.3, 0.4) is 0 Å². The van der Waals surface area contributed by atoms with Crippen LogP contribution in [0.4, 0.5) is 4.79 Å². The topological polar surface area (TPSA) is 50.8 Å². The molecule has 1 heterocycles. The largest absolute Gasteiger partial charge is 0.493 e. The van der Waals surface area contributed by atoms with E-state index in [-0.39, 0.29) is 6.03 Å². The Balaban J connectivity index is 1.59. The summed E-state index contributed by atoms with van der Waals surface area (Å²) in [6, 6.07) is 11.6. The molecule has 1 aliphatic heterocycles. The summed E-state index contributed by atoms with van der Waals surface area (Å²) in [6.07, 6.45) is 1.51. The van der Waals surface area contributed by atoms with E-state index >= 15 is 0 Å². The van der Waals surface area contributed by atoms with Crippen LogP contribution in [0.5, 0.6) is 11.5 Å². The number of methoxy groups -OCH3 is 2. The number of benzene rings is 2. The van der Waals surface area contributed by atoms with Crippen LogP contribution in [0, 0.1) is 0 Å². The first kappa shape index (κ1) is 18.4. The van der Waals surface area contributed by atoms with E-state index in [0.29, 0.717) is 31.8 Å². The fourth-order valence-corrected chi connectivity index (χ4v) is 3.40. The lowest BCUT2D eigenvalue weighted by Crippen LogP contribution is -2.43. The van der Waals surface area contributed by atoms with E-state index in [1.165, 1.54) is 5.56 Å². The number of halogens is 1. The van der Waals surface area contributed by atoms with Crippen LogP contribution < -0.4 is 14.8 Å². The Morgan fingerprint density at radius 1 is 1.15 bits per heavy atom. The number of amides is 2. The third-order valence-corrected chi connectivity index (χ3v) is 5.00. The first-order chi connectivity index (χ1) is 12.6. The van der Waals surface area contributed by atoms with Gasteiger partial charge in [0.05, 0.1) is 14.2 Å². The normalized spacial score (nSPS) is 13.1. The molecule has 0 spiro atoms. The SMILES string of the molecule is COc1cc2c(cc1OC)CN(C(=O)NCCc1ccccc1Cl)CC2. The number of ether oxygens (including phenoxy) is 2. The van der Waals surface area contributed by atoms with Crippen molar-refractivity contribution in [3.8, 4) is 11.5 Å². The summed E-state index contributed by atoms with van der Waals surface area (Å²) in [5, 5.41) is 3.71. The van der Waals surface area contributed by atoms with Gasteiger partial charge in [-0.25, -0.2) is 4.79 Å². The van der Waals surface area contributed by atoms with Crippen molar-refractivity contribution in [3.63, 3.8) is 0 Å². The first-order valence-corrected chi connectivity index (χ1v) is 9.00. The van der Waals surface area contributed by atoms with Crippen molar-refractivity contribution >= 4 is 17.6 Å². The lowest BCUT2D eigenvalue weighted by molar-refractivity contribution is 0.192. The molecule has 1 N–H and O–H groups in total. The predicted octanol–water partition coefficient (Wildman–Crippen LogP) is 3.67. The second-order valence-electron chi connectivity index (χ2n) is 6.22. The average Bonchev–Trinajstić information content (AvgIpc) is 2.67. The molecule has 2 aromatic rings. The standard InChI is InChI=1S/C20H23ClN2O3/c1-25-18-11-15-8-10-23(13-16(15)12-19(18)26-2)20(24)22-9-7-14-5-3-4-6-17(14)21/h3-6,11-12H,7-10,13H2,1-2H3,(H,22,24). The van der Waals surface area contributed by atoms with E-state index in [1.54, 1.807) is 14.2 Å². The van der Waals surface area contributed by atoms with Crippen molar-refractivity contribution in [2.45, 2.75) is 19.4 Å². The number of rotatable bonds is 5. The zero-order valence-corrected chi connectivity index (χ0v) is 15.8. The molecule has 1 aliphatic rings. The minimum Gasteiger partial charge on any atom is -0.493 e. The van der Waals surface area contributed by atoms with Gasteiger partial charge in [0.15, 0.2) is 11.5 Å². The van der Waals surface area contributed by atoms with Gasteiger partial charge in [0, 0.05) is 24.7 Å². The number of carbonyl (C=O) groups is 1. The molecule has 2 amide bonds. The van der Waals surface area contributed by atoms with Gasteiger partial charge in [-0.05, 0) is 47.7 Å². The fraction of sp³-hybridized carbons (Fsp3) is 0.350. The van der Waals surface area contributed by atoms with Gasteiger partial charge in [0.2, 0.25) is 0 Å². The highest BCUT2D eigenvalue weighted by Gasteiger charge is 2.22. The van der Waals surface area contributed by atoms with Crippen molar-refractivity contribution in [1.29, 1.82) is 0 Å². The Hall–Kier alpha value is -2.40. The number of urea groups is 1. The molecule has 5 nitrogen and oxygen atoms in total. The zero-order valence-electron chi connectivity index (χ0n) is 15.0. The summed E-state index contributed by atoms with van der Waals surface area (Å²) in [7, 11) is 3.25. The first-order valence-electron chi connectivity index (χ1n) is 8.62. The average molecular weight is 375 g/mol. The number of nitrogens with zero attached hydrogens (tertiary/aromatic N) is 1. The molecule has 3 rings (SSSR count). The monoisotopic (exact) mass is 374 g/mol. The number of carbonyl (C=O) groups excluding carboxylic acids is 1. The van der Waals surface area contributed by atoms with Crippen molar-refractivity contribution < 1.29 is 14.3 Å². The van der Waals surface area contributed by atoms with E-state index in [4.69, 9.17) is 21.1 Å². The maximum Gasteiger partial charge on any atom is 0.317 e. The Morgan fingerprint density at radius 3 is 2.54 bits per heavy atom. The van der Waals surface area contributed by atoms with Crippen LogP contribution in [-0.2, 0) is 19.4 Å². The van der Waals surface area contributed by atoms with Crippen molar-refractivity contribution in [3.05, 3.63) is 58.1 Å². The van der Waals surface area contributed by atoms with Crippen LogP contribution >= 0.6 is 11.6 Å².